The van der Waals surface area contributed by atoms with Crippen LogP contribution in [0.15, 0.2) is 60.7 Å². The molecule has 1 saturated heterocycles. The van der Waals surface area contributed by atoms with Gasteiger partial charge in [0.05, 0.1) is 32.5 Å². The van der Waals surface area contributed by atoms with Crippen molar-refractivity contribution in [2.24, 2.45) is 5.73 Å². The quantitative estimate of drug-likeness (QED) is 0.584. The van der Waals surface area contributed by atoms with E-state index in [4.69, 9.17) is 24.7 Å². The van der Waals surface area contributed by atoms with E-state index in [1.165, 1.54) is 0 Å². The summed E-state index contributed by atoms with van der Waals surface area (Å²) in [5, 5.41) is 0. The Bertz CT molecular complexity index is 682. The topological polar surface area (TPSA) is 62.9 Å². The van der Waals surface area contributed by atoms with Crippen molar-refractivity contribution in [1.29, 1.82) is 0 Å². The number of hydrogen-bond donors (Lipinski definition) is 1. The van der Waals surface area contributed by atoms with Crippen LogP contribution < -0.4 is 5.73 Å². The van der Waals surface area contributed by atoms with E-state index in [0.29, 0.717) is 33.0 Å². The van der Waals surface area contributed by atoms with Gasteiger partial charge in [-0.15, -0.1) is 0 Å². The second-order valence-corrected chi connectivity index (χ2v) is 7.49. The summed E-state index contributed by atoms with van der Waals surface area (Å²) in [5.41, 5.74) is 8.61. The van der Waals surface area contributed by atoms with E-state index < -0.39 is 0 Å². The predicted molar refractivity (Wildman–Crippen MR) is 113 cm³/mol. The van der Waals surface area contributed by atoms with Crippen molar-refractivity contribution in [2.75, 3.05) is 19.8 Å². The SMILES string of the molecule is CCCCO[C@@H]1[C@H](OCc2ccccc2)C(N)CO[C@@H]1COCc1ccccc1. The molecule has 1 unspecified atom stereocenters. The van der Waals surface area contributed by atoms with Crippen molar-refractivity contribution >= 4 is 0 Å². The van der Waals surface area contributed by atoms with Gasteiger partial charge in [0.25, 0.3) is 0 Å². The first kappa shape index (κ1) is 21.9. The molecule has 1 aliphatic rings. The predicted octanol–water partition coefficient (Wildman–Crippen LogP) is 3.70. The highest BCUT2D eigenvalue weighted by Gasteiger charge is 2.40. The average molecular weight is 400 g/mol. The Morgan fingerprint density at radius 1 is 0.897 bits per heavy atom. The minimum absolute atomic E-state index is 0.198. The normalized spacial score (nSPS) is 24.5. The Hall–Kier alpha value is -1.76. The summed E-state index contributed by atoms with van der Waals surface area (Å²) in [5.74, 6) is 0. The molecule has 158 valence electrons. The first-order chi connectivity index (χ1) is 14.3. The van der Waals surface area contributed by atoms with Crippen LogP contribution in [-0.4, -0.2) is 44.2 Å². The highest BCUT2D eigenvalue weighted by atomic mass is 16.6. The maximum atomic E-state index is 6.35. The zero-order chi connectivity index (χ0) is 20.3. The largest absolute Gasteiger partial charge is 0.374 e. The van der Waals surface area contributed by atoms with Crippen LogP contribution in [0.5, 0.6) is 0 Å². The van der Waals surface area contributed by atoms with Gasteiger partial charge in [0.2, 0.25) is 0 Å². The van der Waals surface area contributed by atoms with Crippen molar-refractivity contribution in [3.05, 3.63) is 71.8 Å². The second-order valence-electron chi connectivity index (χ2n) is 7.49. The number of benzene rings is 2. The van der Waals surface area contributed by atoms with Crippen LogP contribution in [0.2, 0.25) is 0 Å². The van der Waals surface area contributed by atoms with Gasteiger partial charge in [-0.25, -0.2) is 0 Å². The molecule has 5 heteroatoms. The molecule has 29 heavy (non-hydrogen) atoms. The van der Waals surface area contributed by atoms with Crippen LogP contribution >= 0.6 is 0 Å². The molecule has 0 amide bonds. The van der Waals surface area contributed by atoms with E-state index in [-0.39, 0.29) is 24.4 Å². The first-order valence-corrected chi connectivity index (χ1v) is 10.5. The average Bonchev–Trinajstić information content (AvgIpc) is 2.76. The van der Waals surface area contributed by atoms with Crippen molar-refractivity contribution in [3.8, 4) is 0 Å². The fraction of sp³-hybridized carbons (Fsp3) is 0.500. The molecule has 0 bridgehead atoms. The lowest BCUT2D eigenvalue weighted by atomic mass is 9.98. The molecule has 0 saturated carbocycles. The van der Waals surface area contributed by atoms with Crippen molar-refractivity contribution < 1.29 is 18.9 Å². The van der Waals surface area contributed by atoms with Gasteiger partial charge in [0, 0.05) is 6.61 Å². The summed E-state index contributed by atoms with van der Waals surface area (Å²) in [6.07, 6.45) is 1.39. The van der Waals surface area contributed by atoms with Gasteiger partial charge in [-0.05, 0) is 17.5 Å². The Balaban J connectivity index is 1.60. The van der Waals surface area contributed by atoms with Crippen molar-refractivity contribution in [2.45, 2.75) is 57.3 Å². The Kier molecular flexibility index (Phi) is 9.12. The minimum atomic E-state index is -0.246. The first-order valence-electron chi connectivity index (χ1n) is 10.5. The smallest absolute Gasteiger partial charge is 0.114 e. The molecule has 2 N–H and O–H groups in total. The summed E-state index contributed by atoms with van der Waals surface area (Å²) in [6.45, 7) is 4.75. The molecule has 1 heterocycles. The van der Waals surface area contributed by atoms with Gasteiger partial charge < -0.3 is 24.7 Å². The van der Waals surface area contributed by atoms with Gasteiger partial charge in [0.15, 0.2) is 0 Å². The van der Waals surface area contributed by atoms with E-state index in [2.05, 4.69) is 31.2 Å². The van der Waals surface area contributed by atoms with Gasteiger partial charge >= 0.3 is 0 Å². The summed E-state index contributed by atoms with van der Waals surface area (Å²) >= 11 is 0. The van der Waals surface area contributed by atoms with Crippen LogP contribution in [0.1, 0.15) is 30.9 Å². The van der Waals surface area contributed by atoms with E-state index in [0.717, 1.165) is 24.0 Å². The third-order valence-electron chi connectivity index (χ3n) is 5.10. The second kappa shape index (κ2) is 12.1. The number of rotatable bonds is 11. The molecule has 3 rings (SSSR count). The summed E-state index contributed by atoms with van der Waals surface area (Å²) < 4.78 is 24.4. The number of nitrogens with two attached hydrogens (primary N) is 1. The number of ether oxygens (including phenoxy) is 4. The van der Waals surface area contributed by atoms with Gasteiger partial charge in [-0.3, -0.25) is 0 Å². The standard InChI is InChI=1S/C24H33NO4/c1-2-3-14-27-24-22(18-26-15-19-10-6-4-7-11-19)28-17-21(25)23(24)29-16-20-12-8-5-9-13-20/h4-13,21-24H,2-3,14-18,25H2,1H3/t21?,22-,23-,24+/m1/s1. The van der Waals surface area contributed by atoms with Gasteiger partial charge in [0.1, 0.15) is 18.3 Å². The van der Waals surface area contributed by atoms with E-state index >= 15 is 0 Å². The van der Waals surface area contributed by atoms with Gasteiger partial charge in [-0.1, -0.05) is 74.0 Å². The Labute approximate surface area is 174 Å². The lowest BCUT2D eigenvalue weighted by Gasteiger charge is -2.41. The third-order valence-corrected chi connectivity index (χ3v) is 5.10. The fourth-order valence-electron chi connectivity index (χ4n) is 3.44. The molecule has 0 aliphatic carbocycles. The van der Waals surface area contributed by atoms with Crippen LogP contribution in [0.3, 0.4) is 0 Å². The van der Waals surface area contributed by atoms with Crippen LogP contribution in [0.25, 0.3) is 0 Å². The number of unbranched alkanes of at least 4 members (excludes halogenated alkanes) is 1. The lowest BCUT2D eigenvalue weighted by molar-refractivity contribution is -0.201. The highest BCUT2D eigenvalue weighted by molar-refractivity contribution is 5.14. The van der Waals surface area contributed by atoms with Crippen LogP contribution in [0.4, 0.5) is 0 Å². The zero-order valence-corrected chi connectivity index (χ0v) is 17.2. The van der Waals surface area contributed by atoms with Crippen LogP contribution in [-0.2, 0) is 32.2 Å². The fourth-order valence-corrected chi connectivity index (χ4v) is 3.44. The summed E-state index contributed by atoms with van der Waals surface area (Å²) in [7, 11) is 0. The molecule has 2 aromatic carbocycles. The summed E-state index contributed by atoms with van der Waals surface area (Å²) in [6, 6.07) is 20.0. The Morgan fingerprint density at radius 3 is 2.21 bits per heavy atom. The molecule has 1 fully saturated rings. The molecule has 0 radical (unpaired) electrons. The molecule has 0 aromatic heterocycles. The maximum absolute atomic E-state index is 6.35. The zero-order valence-electron chi connectivity index (χ0n) is 17.2. The molecule has 2 aromatic rings. The van der Waals surface area contributed by atoms with E-state index in [9.17, 15) is 0 Å². The molecule has 5 nitrogen and oxygen atoms in total. The minimum Gasteiger partial charge on any atom is -0.374 e. The Morgan fingerprint density at radius 2 is 1.55 bits per heavy atom. The van der Waals surface area contributed by atoms with Crippen LogP contribution in [0, 0.1) is 0 Å². The molecular weight excluding hydrogens is 366 g/mol. The third kappa shape index (κ3) is 6.91. The number of hydrogen-bond acceptors (Lipinski definition) is 5. The van der Waals surface area contributed by atoms with Gasteiger partial charge in [-0.2, -0.15) is 0 Å². The highest BCUT2D eigenvalue weighted by Crippen LogP contribution is 2.23. The molecular formula is C24H33NO4. The molecule has 1 aliphatic heterocycles. The molecule has 0 spiro atoms. The van der Waals surface area contributed by atoms with Crippen molar-refractivity contribution in [3.63, 3.8) is 0 Å². The summed E-state index contributed by atoms with van der Waals surface area (Å²) in [4.78, 5) is 0. The molecule has 4 atom stereocenters. The maximum Gasteiger partial charge on any atom is 0.114 e. The monoisotopic (exact) mass is 399 g/mol. The van der Waals surface area contributed by atoms with Crippen molar-refractivity contribution in [1.82, 2.24) is 0 Å². The lowest BCUT2D eigenvalue weighted by Crippen LogP contribution is -2.59. The van der Waals surface area contributed by atoms with E-state index in [1.807, 2.05) is 36.4 Å². The van der Waals surface area contributed by atoms with E-state index in [1.54, 1.807) is 0 Å².